The average molecular weight is 1490 g/mol. The zero-order chi connectivity index (χ0) is 75.2. The van der Waals surface area contributed by atoms with E-state index in [1.165, 1.54) is 103 Å². The highest BCUT2D eigenvalue weighted by molar-refractivity contribution is 7.47. The first-order valence-electron chi connectivity index (χ1n) is 40.5. The Morgan fingerprint density at radius 3 is 0.816 bits per heavy atom. The van der Waals surface area contributed by atoms with Crippen molar-refractivity contribution in [3.63, 3.8) is 0 Å². The number of aliphatic hydroxyl groups is 2. The summed E-state index contributed by atoms with van der Waals surface area (Å²) in [6, 6.07) is 0. The van der Waals surface area contributed by atoms with Crippen LogP contribution in [0.3, 0.4) is 0 Å². The Labute approximate surface area is 626 Å². The molecule has 0 spiro atoms. The minimum absolute atomic E-state index is 0.0831. The van der Waals surface area contributed by atoms with Crippen molar-refractivity contribution in [2.45, 2.75) is 347 Å². The lowest BCUT2D eigenvalue weighted by molar-refractivity contribution is -0.161. The summed E-state index contributed by atoms with van der Waals surface area (Å²) in [6.07, 6.45) is 93.9. The molecule has 0 aliphatic heterocycles. The summed E-state index contributed by atoms with van der Waals surface area (Å²) in [7, 11) is -9.79. The lowest BCUT2D eigenvalue weighted by Gasteiger charge is -2.21. The number of ether oxygens (including phenoxy) is 3. The predicted molar refractivity (Wildman–Crippen MR) is 426 cm³/mol. The molecule has 103 heavy (non-hydrogen) atoms. The van der Waals surface area contributed by atoms with Crippen LogP contribution in [-0.2, 0) is 55.8 Å². The van der Waals surface area contributed by atoms with Crippen molar-refractivity contribution in [3.05, 3.63) is 134 Å². The van der Waals surface area contributed by atoms with Gasteiger partial charge in [-0.15, -0.1) is 0 Å². The van der Waals surface area contributed by atoms with E-state index in [-0.39, 0.29) is 19.3 Å². The molecule has 0 aliphatic rings. The molecule has 0 aromatic heterocycles. The van der Waals surface area contributed by atoms with Gasteiger partial charge in [-0.3, -0.25) is 32.5 Å². The topological polar surface area (TPSA) is 231 Å². The van der Waals surface area contributed by atoms with E-state index in [1.54, 1.807) is 0 Å². The number of aliphatic hydroxyl groups excluding tert-OH is 2. The van der Waals surface area contributed by atoms with E-state index in [4.69, 9.17) is 32.3 Å². The summed E-state index contributed by atoms with van der Waals surface area (Å²) in [5.41, 5.74) is 0. The lowest BCUT2D eigenvalue weighted by atomic mass is 10.0. The number of esters is 3. The van der Waals surface area contributed by atoms with Crippen molar-refractivity contribution in [1.29, 1.82) is 0 Å². The smallest absolute Gasteiger partial charge is 0.463 e. The first kappa shape index (κ1) is 98.7. The van der Waals surface area contributed by atoms with Gasteiger partial charge in [-0.25, -0.2) is 9.13 Å². The zero-order valence-electron chi connectivity index (χ0n) is 64.7. The molecule has 0 fully saturated rings. The second-order valence-electron chi connectivity index (χ2n) is 26.8. The SMILES string of the molecule is CC/C=C\C/C=C\C/C=C\C/C=C\C/C=C\CCCCCCCCCCCCCCCCCCCCCC(=O)OCC(O)COP(=O)(O)OCC(O)COP(=O)(O)OCC(COC(=O)CCCCCCCC/C=C\C/C=C\C/C=C\C/C=C\CC)OC(=O)CCCCCCC/C=C\C/C=C\CCC. The third kappa shape index (κ3) is 78.6. The molecule has 0 aromatic rings. The maximum absolute atomic E-state index is 12.9. The van der Waals surface area contributed by atoms with Gasteiger partial charge >= 0.3 is 33.6 Å². The lowest BCUT2D eigenvalue weighted by Crippen LogP contribution is -2.30. The molecule has 18 heteroatoms. The molecule has 0 saturated heterocycles. The van der Waals surface area contributed by atoms with E-state index in [0.717, 1.165) is 167 Å². The van der Waals surface area contributed by atoms with Gasteiger partial charge in [0, 0.05) is 19.3 Å². The highest BCUT2D eigenvalue weighted by Crippen LogP contribution is 2.45. The molecule has 5 atom stereocenters. The number of rotatable bonds is 76. The first-order chi connectivity index (χ1) is 50.2. The van der Waals surface area contributed by atoms with Crippen LogP contribution in [0.1, 0.15) is 329 Å². The van der Waals surface area contributed by atoms with E-state index in [0.29, 0.717) is 19.3 Å². The van der Waals surface area contributed by atoms with E-state index >= 15 is 0 Å². The number of carbonyl (C=O) groups excluding carboxylic acids is 3. The van der Waals surface area contributed by atoms with Crippen LogP contribution in [0.4, 0.5) is 0 Å². The number of unbranched alkanes of at least 4 members (excludes halogenated alkanes) is 31. The van der Waals surface area contributed by atoms with Gasteiger partial charge in [0.15, 0.2) is 6.10 Å². The molecule has 0 aliphatic carbocycles. The molecule has 0 rings (SSSR count). The quantitative estimate of drug-likeness (QED) is 0.0146. The van der Waals surface area contributed by atoms with Crippen LogP contribution in [-0.4, -0.2) is 95.9 Å². The van der Waals surface area contributed by atoms with Crippen molar-refractivity contribution < 1.29 is 75.8 Å². The van der Waals surface area contributed by atoms with E-state index in [9.17, 15) is 43.5 Å². The van der Waals surface area contributed by atoms with E-state index in [1.807, 2.05) is 0 Å². The summed E-state index contributed by atoms with van der Waals surface area (Å²) in [5, 5.41) is 20.6. The Kier molecular flexibility index (Phi) is 74.1. The summed E-state index contributed by atoms with van der Waals surface area (Å²) in [6.45, 7) is 2.37. The van der Waals surface area contributed by atoms with Crippen molar-refractivity contribution in [3.8, 4) is 0 Å². The van der Waals surface area contributed by atoms with Gasteiger partial charge < -0.3 is 34.2 Å². The molecule has 16 nitrogen and oxygen atoms in total. The Bertz CT molecular complexity index is 2410. The minimum Gasteiger partial charge on any atom is -0.463 e. The van der Waals surface area contributed by atoms with Crippen LogP contribution in [0.5, 0.6) is 0 Å². The van der Waals surface area contributed by atoms with Crippen LogP contribution >= 0.6 is 15.6 Å². The summed E-state index contributed by atoms with van der Waals surface area (Å²) < 4.78 is 61.1. The van der Waals surface area contributed by atoms with E-state index < -0.39 is 91.5 Å². The number of allylic oxidation sites excluding steroid dienone is 22. The largest absolute Gasteiger partial charge is 0.472 e. The van der Waals surface area contributed by atoms with Crippen molar-refractivity contribution in [2.75, 3.05) is 39.6 Å². The molecule has 0 amide bonds. The van der Waals surface area contributed by atoms with Gasteiger partial charge in [-0.2, -0.15) is 0 Å². The van der Waals surface area contributed by atoms with Crippen molar-refractivity contribution in [2.24, 2.45) is 0 Å². The monoisotopic (exact) mass is 1490 g/mol. The van der Waals surface area contributed by atoms with Gasteiger partial charge in [0.05, 0.1) is 26.4 Å². The van der Waals surface area contributed by atoms with Gasteiger partial charge in [0.1, 0.15) is 25.4 Å². The van der Waals surface area contributed by atoms with Crippen molar-refractivity contribution in [1.82, 2.24) is 0 Å². The third-order valence-electron chi connectivity index (χ3n) is 16.8. The average Bonchev–Trinajstić information content (AvgIpc) is 0.925. The number of phosphoric acid groups is 2. The van der Waals surface area contributed by atoms with Gasteiger partial charge in [0.2, 0.25) is 0 Å². The second-order valence-corrected chi connectivity index (χ2v) is 29.7. The number of carbonyl (C=O) groups is 3. The fourth-order valence-electron chi connectivity index (χ4n) is 10.7. The highest BCUT2D eigenvalue weighted by Gasteiger charge is 2.29. The minimum atomic E-state index is -4.94. The van der Waals surface area contributed by atoms with Crippen LogP contribution in [0.2, 0.25) is 0 Å². The van der Waals surface area contributed by atoms with Gasteiger partial charge in [-0.1, -0.05) is 315 Å². The van der Waals surface area contributed by atoms with Crippen molar-refractivity contribution >= 4 is 33.6 Å². The Morgan fingerprint density at radius 2 is 0.515 bits per heavy atom. The van der Waals surface area contributed by atoms with Crippen LogP contribution in [0, 0.1) is 0 Å². The molecule has 592 valence electrons. The number of hydrogen-bond acceptors (Lipinski definition) is 14. The fraction of sp³-hybridized carbons (Fsp3) is 0.706. The van der Waals surface area contributed by atoms with E-state index in [2.05, 4.69) is 154 Å². The Balaban J connectivity index is 4.37. The second kappa shape index (κ2) is 77.3. The Hall–Kier alpha value is -4.31. The first-order valence-corrected chi connectivity index (χ1v) is 43.5. The molecular weight excluding hydrogens is 1340 g/mol. The zero-order valence-corrected chi connectivity index (χ0v) is 66.5. The summed E-state index contributed by atoms with van der Waals surface area (Å²) in [4.78, 5) is 58.6. The van der Waals surface area contributed by atoms with Crippen LogP contribution in [0.25, 0.3) is 0 Å². The number of hydrogen-bond donors (Lipinski definition) is 4. The molecule has 5 unspecified atom stereocenters. The summed E-state index contributed by atoms with van der Waals surface area (Å²) in [5.74, 6) is -1.60. The van der Waals surface area contributed by atoms with Crippen LogP contribution < -0.4 is 0 Å². The molecule has 0 radical (unpaired) electrons. The molecule has 0 aromatic carbocycles. The third-order valence-corrected chi connectivity index (χ3v) is 18.7. The van der Waals surface area contributed by atoms with Gasteiger partial charge in [0.25, 0.3) is 0 Å². The highest BCUT2D eigenvalue weighted by atomic mass is 31.2. The molecule has 0 heterocycles. The molecule has 0 bridgehead atoms. The molecular formula is C85H146O16P2. The fourth-order valence-corrected chi connectivity index (χ4v) is 12.3. The Morgan fingerprint density at radius 1 is 0.282 bits per heavy atom. The number of phosphoric ester groups is 2. The predicted octanol–water partition coefficient (Wildman–Crippen LogP) is 23.9. The normalized spacial score (nSPS) is 14.7. The standard InChI is InChI=1S/C85H146O16P2/c1-4-7-10-13-16-19-22-25-27-29-31-32-33-34-35-36-37-38-39-40-41-42-43-44-45-46-48-50-51-54-56-59-62-65-68-71-83(88)95-74-80(86)75-97-102(91,92)98-76-81(87)77-99-103(93,94)100-79-82(101-85(90)73-70-67-64-61-58-53-24-21-18-15-12-9-6-3)78-96-84(89)72-69-66-63-60-57-55-52-49-47-30-28-26-23-20-17-14-11-8-5-2/h7-8,10-12,15-17,19-21,24-28,31-32,34-35,47,49,80-82,86-87H,4-6,9,13-14,18,22-23,29-30,33,36-46,48,50-79H2,1-3H3,(H,91,92)(H,93,94)/b10-7-,11-8-,15-12-,19-16-,20-17-,24-21-,27-25-,28-26-,32-31-,35-34-,49-47-. The molecule has 4 N–H and O–H groups in total. The van der Waals surface area contributed by atoms with Gasteiger partial charge in [-0.05, 0) is 128 Å². The maximum atomic E-state index is 12.9. The molecule has 0 saturated carbocycles. The van der Waals surface area contributed by atoms with Crippen LogP contribution in [0.15, 0.2) is 134 Å². The summed E-state index contributed by atoms with van der Waals surface area (Å²) >= 11 is 0. The maximum Gasteiger partial charge on any atom is 0.472 e.